The molecule has 2 saturated carbocycles. The molecule has 3 aromatic rings. The van der Waals surface area contributed by atoms with E-state index in [1.807, 2.05) is 6.07 Å². The van der Waals surface area contributed by atoms with E-state index in [0.717, 1.165) is 24.3 Å². The number of fused-ring (bicyclic) bond motifs is 2. The number of carbonyl (C=O) groups is 1. The Hall–Kier alpha value is -2.51. The summed E-state index contributed by atoms with van der Waals surface area (Å²) in [5.41, 5.74) is 0.204. The quantitative estimate of drug-likeness (QED) is 0.363. The van der Waals surface area contributed by atoms with Crippen LogP contribution in [0, 0.1) is 23.2 Å². The van der Waals surface area contributed by atoms with E-state index in [1.54, 1.807) is 17.0 Å². The predicted molar refractivity (Wildman–Crippen MR) is 126 cm³/mol. The van der Waals surface area contributed by atoms with Crippen molar-refractivity contribution in [1.29, 1.82) is 0 Å². The van der Waals surface area contributed by atoms with E-state index in [1.165, 1.54) is 18.3 Å². The van der Waals surface area contributed by atoms with Crippen molar-refractivity contribution in [2.45, 2.75) is 51.4 Å². The molecule has 10 heteroatoms. The van der Waals surface area contributed by atoms with Gasteiger partial charge in [-0.3, -0.25) is 4.79 Å². The van der Waals surface area contributed by atoms with Crippen LogP contribution in [-0.2, 0) is 4.79 Å². The standard InChI is InChI=1S/C23H24ClN5O3S/c1-3-4-9-25-21-17-22(28-16(27-21)8-6-13-5-7-15(24)33-13)29(11-26-17)18-14-10-23(14,12(2)30)20(32)19(18)31/h5,7,11,14,18-20,31-32H,3-4,9-10H2,1-2H3,(H,25,27,28)/t14?,18-,19+,20?,23+/m1/s1. The fraction of sp³-hybridized carbons (Fsp3) is 0.478. The van der Waals surface area contributed by atoms with Crippen LogP contribution < -0.4 is 5.32 Å². The minimum Gasteiger partial charge on any atom is -0.389 e. The lowest BCUT2D eigenvalue weighted by molar-refractivity contribution is -0.128. The number of ketones is 1. The first kappa shape index (κ1) is 22.3. The number of Topliss-reactive ketones (excluding diaryl/α,β-unsaturated/α-hetero) is 1. The van der Waals surface area contributed by atoms with E-state index in [0.29, 0.717) is 33.6 Å². The van der Waals surface area contributed by atoms with Gasteiger partial charge in [0.05, 0.1) is 33.1 Å². The largest absolute Gasteiger partial charge is 0.389 e. The third kappa shape index (κ3) is 3.62. The average Bonchev–Trinajstić information content (AvgIpc) is 3.04. The molecular formula is C23H24ClN5O3S. The van der Waals surface area contributed by atoms with Crippen LogP contribution in [0.15, 0.2) is 18.5 Å². The van der Waals surface area contributed by atoms with Gasteiger partial charge in [0.1, 0.15) is 11.9 Å². The number of aliphatic hydroxyl groups excluding tert-OH is 2. The number of imidazole rings is 1. The molecule has 3 heterocycles. The van der Waals surface area contributed by atoms with Crippen molar-refractivity contribution in [2.75, 3.05) is 11.9 Å². The number of hydrogen-bond acceptors (Lipinski definition) is 8. The van der Waals surface area contributed by atoms with Gasteiger partial charge in [0.2, 0.25) is 5.82 Å². The first-order valence-corrected chi connectivity index (χ1v) is 12.2. The van der Waals surface area contributed by atoms with Gasteiger partial charge in [0, 0.05) is 6.54 Å². The number of nitrogens with one attached hydrogen (secondary N) is 1. The molecule has 3 aromatic heterocycles. The molecule has 0 bridgehead atoms. The van der Waals surface area contributed by atoms with Gasteiger partial charge >= 0.3 is 0 Å². The zero-order chi connectivity index (χ0) is 23.3. The van der Waals surface area contributed by atoms with Crippen molar-refractivity contribution >= 4 is 45.7 Å². The number of hydrogen-bond donors (Lipinski definition) is 3. The second-order valence-corrected chi connectivity index (χ2v) is 10.4. The number of aliphatic hydroxyl groups is 2. The van der Waals surface area contributed by atoms with Crippen LogP contribution in [0.4, 0.5) is 5.82 Å². The summed E-state index contributed by atoms with van der Waals surface area (Å²) in [4.78, 5) is 26.8. The third-order valence-corrected chi connectivity index (χ3v) is 7.91. The molecule has 2 aliphatic rings. The fourth-order valence-electron chi connectivity index (χ4n) is 4.97. The molecule has 0 spiro atoms. The maximum Gasteiger partial charge on any atom is 0.209 e. The van der Waals surface area contributed by atoms with Crippen molar-refractivity contribution in [3.63, 3.8) is 0 Å². The van der Waals surface area contributed by atoms with Gasteiger partial charge in [0.25, 0.3) is 0 Å². The molecule has 3 N–H and O–H groups in total. The van der Waals surface area contributed by atoms with E-state index in [2.05, 4.69) is 39.0 Å². The summed E-state index contributed by atoms with van der Waals surface area (Å²) >= 11 is 7.38. The van der Waals surface area contributed by atoms with Crippen molar-refractivity contribution in [2.24, 2.45) is 11.3 Å². The zero-order valence-electron chi connectivity index (χ0n) is 18.2. The van der Waals surface area contributed by atoms with Gasteiger partial charge < -0.3 is 20.1 Å². The normalized spacial score (nSPS) is 27.8. The molecule has 0 saturated heterocycles. The summed E-state index contributed by atoms with van der Waals surface area (Å²) in [5.74, 6) is 6.68. The Morgan fingerprint density at radius 3 is 2.85 bits per heavy atom. The third-order valence-electron chi connectivity index (χ3n) is 6.76. The maximum absolute atomic E-state index is 12.3. The van der Waals surface area contributed by atoms with Crippen LogP contribution in [0.1, 0.15) is 49.9 Å². The Kier molecular flexibility index (Phi) is 5.65. The molecule has 0 aromatic carbocycles. The first-order valence-electron chi connectivity index (χ1n) is 11.0. The molecule has 0 amide bonds. The summed E-state index contributed by atoms with van der Waals surface area (Å²) in [6.07, 6.45) is 1.97. The topological polar surface area (TPSA) is 113 Å². The number of carbonyl (C=O) groups excluding carboxylic acids is 1. The Labute approximate surface area is 200 Å². The van der Waals surface area contributed by atoms with Gasteiger partial charge in [0.15, 0.2) is 17.0 Å². The highest BCUT2D eigenvalue weighted by atomic mass is 35.5. The molecule has 2 aliphatic carbocycles. The molecule has 8 nitrogen and oxygen atoms in total. The van der Waals surface area contributed by atoms with Crippen molar-refractivity contribution < 1.29 is 15.0 Å². The second kappa shape index (κ2) is 8.37. The number of anilines is 1. The summed E-state index contributed by atoms with van der Waals surface area (Å²) in [6, 6.07) is 3.13. The predicted octanol–water partition coefficient (Wildman–Crippen LogP) is 3.02. The molecule has 172 valence electrons. The Morgan fingerprint density at radius 1 is 1.36 bits per heavy atom. The van der Waals surface area contributed by atoms with Gasteiger partial charge in [-0.05, 0) is 49.7 Å². The highest BCUT2D eigenvalue weighted by Gasteiger charge is 2.74. The maximum atomic E-state index is 12.3. The number of aromatic nitrogens is 4. The van der Waals surface area contributed by atoms with Crippen LogP contribution in [0.25, 0.3) is 11.2 Å². The summed E-state index contributed by atoms with van der Waals surface area (Å²) in [7, 11) is 0. The zero-order valence-corrected chi connectivity index (χ0v) is 19.8. The molecule has 2 unspecified atom stereocenters. The second-order valence-electron chi connectivity index (χ2n) is 8.69. The number of thiophene rings is 1. The van der Waals surface area contributed by atoms with Crippen LogP contribution >= 0.6 is 22.9 Å². The monoisotopic (exact) mass is 485 g/mol. The molecule has 5 rings (SSSR count). The Bertz CT molecular complexity index is 1290. The van der Waals surface area contributed by atoms with E-state index >= 15 is 0 Å². The molecule has 5 atom stereocenters. The summed E-state index contributed by atoms with van der Waals surface area (Å²) < 4.78 is 2.42. The van der Waals surface area contributed by atoms with Gasteiger partial charge in [-0.1, -0.05) is 24.9 Å². The van der Waals surface area contributed by atoms with Crippen LogP contribution in [0.2, 0.25) is 4.34 Å². The van der Waals surface area contributed by atoms with Gasteiger partial charge in [-0.2, -0.15) is 0 Å². The van der Waals surface area contributed by atoms with Crippen LogP contribution in [0.5, 0.6) is 0 Å². The van der Waals surface area contributed by atoms with Crippen molar-refractivity contribution in [3.8, 4) is 11.8 Å². The SMILES string of the molecule is CCCCNc1nc(C#Cc2ccc(Cl)s2)nc2c1ncn2[C@@H]1C2C[C@@]2(C(C)=O)C(O)[C@H]1O. The van der Waals surface area contributed by atoms with E-state index in [4.69, 9.17) is 11.6 Å². The van der Waals surface area contributed by atoms with Crippen molar-refractivity contribution in [3.05, 3.63) is 33.5 Å². The Morgan fingerprint density at radius 2 is 2.18 bits per heavy atom. The number of unbranched alkanes of at least 4 members (excludes halogenated alkanes) is 1. The minimum atomic E-state index is -1.10. The minimum absolute atomic E-state index is 0.0938. The van der Waals surface area contributed by atoms with Gasteiger partial charge in [-0.25, -0.2) is 15.0 Å². The number of nitrogens with zero attached hydrogens (tertiary/aromatic N) is 4. The highest BCUT2D eigenvalue weighted by molar-refractivity contribution is 7.16. The Balaban J connectivity index is 1.57. The lowest BCUT2D eigenvalue weighted by Crippen LogP contribution is -2.36. The lowest BCUT2D eigenvalue weighted by atomic mass is 9.95. The van der Waals surface area contributed by atoms with Gasteiger partial charge in [-0.15, -0.1) is 11.3 Å². The highest BCUT2D eigenvalue weighted by Crippen LogP contribution is 2.68. The van der Waals surface area contributed by atoms with Crippen LogP contribution in [0.3, 0.4) is 0 Å². The molecule has 0 aliphatic heterocycles. The average molecular weight is 486 g/mol. The molecule has 0 radical (unpaired) electrons. The summed E-state index contributed by atoms with van der Waals surface area (Å²) in [6.45, 7) is 4.31. The molecular weight excluding hydrogens is 462 g/mol. The molecule has 2 fully saturated rings. The lowest BCUT2D eigenvalue weighted by Gasteiger charge is -2.23. The van der Waals surface area contributed by atoms with E-state index in [9.17, 15) is 15.0 Å². The fourth-order valence-corrected chi connectivity index (χ4v) is 5.86. The van der Waals surface area contributed by atoms with Crippen molar-refractivity contribution in [1.82, 2.24) is 19.5 Å². The summed E-state index contributed by atoms with van der Waals surface area (Å²) in [5, 5.41) is 24.8. The van der Waals surface area contributed by atoms with E-state index < -0.39 is 23.7 Å². The molecule has 33 heavy (non-hydrogen) atoms. The van der Waals surface area contributed by atoms with E-state index in [-0.39, 0.29) is 11.7 Å². The number of rotatable bonds is 6. The number of halogens is 1. The first-order chi connectivity index (χ1) is 15.9. The smallest absolute Gasteiger partial charge is 0.209 e. The van der Waals surface area contributed by atoms with Crippen LogP contribution in [-0.4, -0.2) is 54.3 Å².